The molecule has 1 rings (SSSR count). The Labute approximate surface area is 104 Å². The van der Waals surface area contributed by atoms with Crippen molar-refractivity contribution in [2.45, 2.75) is 58.5 Å². The van der Waals surface area contributed by atoms with E-state index in [4.69, 9.17) is 5.73 Å². The molecule has 3 atom stereocenters. The maximum absolute atomic E-state index is 12.0. The molecular weight excluding hydrogens is 216 g/mol. The van der Waals surface area contributed by atoms with E-state index in [1.54, 1.807) is 0 Å². The van der Waals surface area contributed by atoms with Gasteiger partial charge in [0.1, 0.15) is 0 Å². The largest absolute Gasteiger partial charge is 0.396 e. The van der Waals surface area contributed by atoms with Crippen molar-refractivity contribution in [3.8, 4) is 0 Å². The van der Waals surface area contributed by atoms with Crippen molar-refractivity contribution in [1.29, 1.82) is 0 Å². The smallest absolute Gasteiger partial charge is 0.237 e. The molecule has 2 unspecified atom stereocenters. The molecule has 4 heteroatoms. The monoisotopic (exact) mass is 242 g/mol. The van der Waals surface area contributed by atoms with E-state index in [0.717, 1.165) is 25.7 Å². The molecular formula is C13H26N2O2. The molecule has 4 nitrogen and oxygen atoms in total. The fourth-order valence-corrected chi connectivity index (χ4v) is 2.28. The maximum atomic E-state index is 12.0. The quantitative estimate of drug-likeness (QED) is 0.692. The van der Waals surface area contributed by atoms with Crippen LogP contribution < -0.4 is 11.1 Å². The van der Waals surface area contributed by atoms with Crippen LogP contribution in [0.5, 0.6) is 0 Å². The highest BCUT2D eigenvalue weighted by Crippen LogP contribution is 2.25. The van der Waals surface area contributed by atoms with Gasteiger partial charge < -0.3 is 16.2 Å². The van der Waals surface area contributed by atoms with Crippen LogP contribution in [0.4, 0.5) is 0 Å². The van der Waals surface area contributed by atoms with E-state index in [2.05, 4.69) is 5.32 Å². The summed E-state index contributed by atoms with van der Waals surface area (Å²) in [5.41, 5.74) is 5.70. The predicted octanol–water partition coefficient (Wildman–Crippen LogP) is 1.03. The first-order chi connectivity index (χ1) is 7.86. The molecule has 0 saturated heterocycles. The summed E-state index contributed by atoms with van der Waals surface area (Å²) < 4.78 is 0. The van der Waals surface area contributed by atoms with Crippen LogP contribution in [0.15, 0.2) is 0 Å². The van der Waals surface area contributed by atoms with Crippen molar-refractivity contribution in [2.24, 2.45) is 17.1 Å². The third-order valence-electron chi connectivity index (χ3n) is 3.69. The van der Waals surface area contributed by atoms with Crippen molar-refractivity contribution in [3.05, 3.63) is 0 Å². The molecule has 0 spiro atoms. The number of amides is 1. The van der Waals surface area contributed by atoms with E-state index in [0.29, 0.717) is 0 Å². The van der Waals surface area contributed by atoms with Gasteiger partial charge in [0.25, 0.3) is 0 Å². The number of carbonyl (C=O) groups is 1. The van der Waals surface area contributed by atoms with E-state index in [9.17, 15) is 9.90 Å². The summed E-state index contributed by atoms with van der Waals surface area (Å²) in [6.45, 7) is 6.03. The SMILES string of the molecule is CC(C)(C)[C@H](N)C(=O)NC1CCCCC1CO. The van der Waals surface area contributed by atoms with Gasteiger partial charge in [-0.1, -0.05) is 33.6 Å². The second kappa shape index (κ2) is 5.83. The lowest BCUT2D eigenvalue weighted by atomic mass is 9.83. The van der Waals surface area contributed by atoms with Gasteiger partial charge in [-0.3, -0.25) is 4.79 Å². The lowest BCUT2D eigenvalue weighted by Gasteiger charge is -2.33. The maximum Gasteiger partial charge on any atom is 0.237 e. The zero-order chi connectivity index (χ0) is 13.1. The van der Waals surface area contributed by atoms with Gasteiger partial charge in [0.05, 0.1) is 6.04 Å². The molecule has 1 amide bonds. The predicted molar refractivity (Wildman–Crippen MR) is 68.4 cm³/mol. The first-order valence-electron chi connectivity index (χ1n) is 6.53. The van der Waals surface area contributed by atoms with Crippen LogP contribution in [0.2, 0.25) is 0 Å². The Bertz CT molecular complexity index is 261. The Hall–Kier alpha value is -0.610. The standard InChI is InChI=1S/C13H26N2O2/c1-13(2,3)11(14)12(17)15-10-7-5-4-6-9(10)8-16/h9-11,16H,4-8,14H2,1-3H3,(H,15,17)/t9?,10?,11-/m1/s1. The van der Waals surface area contributed by atoms with Gasteiger partial charge in [-0.15, -0.1) is 0 Å². The van der Waals surface area contributed by atoms with Gasteiger partial charge in [-0.25, -0.2) is 0 Å². The number of aliphatic hydroxyl groups is 1. The highest BCUT2D eigenvalue weighted by atomic mass is 16.3. The van der Waals surface area contributed by atoms with Crippen molar-refractivity contribution in [2.75, 3.05) is 6.61 Å². The van der Waals surface area contributed by atoms with E-state index in [1.165, 1.54) is 0 Å². The zero-order valence-corrected chi connectivity index (χ0v) is 11.2. The van der Waals surface area contributed by atoms with E-state index in [-0.39, 0.29) is 29.9 Å². The molecule has 1 aliphatic carbocycles. The van der Waals surface area contributed by atoms with Crippen LogP contribution in [0.3, 0.4) is 0 Å². The Morgan fingerprint density at radius 3 is 2.53 bits per heavy atom. The minimum atomic E-state index is -0.497. The summed E-state index contributed by atoms with van der Waals surface area (Å²) in [5, 5.41) is 12.3. The second-order valence-corrected chi connectivity index (χ2v) is 6.19. The number of rotatable bonds is 3. The number of nitrogens with one attached hydrogen (secondary N) is 1. The number of aliphatic hydroxyl groups excluding tert-OH is 1. The van der Waals surface area contributed by atoms with Crippen molar-refractivity contribution in [3.63, 3.8) is 0 Å². The molecule has 0 aromatic carbocycles. The van der Waals surface area contributed by atoms with Gasteiger partial charge in [0.2, 0.25) is 5.91 Å². The molecule has 100 valence electrons. The van der Waals surface area contributed by atoms with Gasteiger partial charge in [-0.05, 0) is 18.3 Å². The third kappa shape index (κ3) is 3.96. The van der Waals surface area contributed by atoms with Crippen molar-refractivity contribution < 1.29 is 9.90 Å². The van der Waals surface area contributed by atoms with Crippen LogP contribution in [0.1, 0.15) is 46.5 Å². The number of carbonyl (C=O) groups excluding carboxylic acids is 1. The molecule has 0 bridgehead atoms. The number of hydrogen-bond acceptors (Lipinski definition) is 3. The number of nitrogens with two attached hydrogens (primary N) is 1. The van der Waals surface area contributed by atoms with E-state index >= 15 is 0 Å². The third-order valence-corrected chi connectivity index (χ3v) is 3.69. The topological polar surface area (TPSA) is 75.4 Å². The molecule has 1 aliphatic rings. The van der Waals surface area contributed by atoms with Gasteiger partial charge in [-0.2, -0.15) is 0 Å². The number of hydrogen-bond donors (Lipinski definition) is 3. The Balaban J connectivity index is 2.55. The molecule has 0 heterocycles. The Kier molecular flexibility index (Phi) is 4.95. The first kappa shape index (κ1) is 14.5. The minimum absolute atomic E-state index is 0.0923. The molecule has 0 aromatic heterocycles. The molecule has 0 aliphatic heterocycles. The average Bonchev–Trinajstić information content (AvgIpc) is 2.27. The summed E-state index contributed by atoms with van der Waals surface area (Å²) in [7, 11) is 0. The fourth-order valence-electron chi connectivity index (χ4n) is 2.28. The van der Waals surface area contributed by atoms with E-state index < -0.39 is 6.04 Å². The molecule has 4 N–H and O–H groups in total. The van der Waals surface area contributed by atoms with E-state index in [1.807, 2.05) is 20.8 Å². The molecule has 0 aromatic rings. The van der Waals surface area contributed by atoms with Crippen LogP contribution >= 0.6 is 0 Å². The van der Waals surface area contributed by atoms with Crippen molar-refractivity contribution >= 4 is 5.91 Å². The normalized spacial score (nSPS) is 27.6. The molecule has 1 saturated carbocycles. The van der Waals surface area contributed by atoms with Crippen LogP contribution in [-0.4, -0.2) is 29.7 Å². The van der Waals surface area contributed by atoms with Crippen LogP contribution in [-0.2, 0) is 4.79 Å². The highest BCUT2D eigenvalue weighted by molar-refractivity contribution is 5.82. The summed E-state index contributed by atoms with van der Waals surface area (Å²) >= 11 is 0. The first-order valence-corrected chi connectivity index (χ1v) is 6.53. The Morgan fingerprint density at radius 1 is 1.41 bits per heavy atom. The van der Waals surface area contributed by atoms with Gasteiger partial charge in [0, 0.05) is 18.6 Å². The molecule has 0 radical (unpaired) electrons. The highest BCUT2D eigenvalue weighted by Gasteiger charge is 2.31. The second-order valence-electron chi connectivity index (χ2n) is 6.19. The fraction of sp³-hybridized carbons (Fsp3) is 0.923. The minimum Gasteiger partial charge on any atom is -0.396 e. The van der Waals surface area contributed by atoms with Gasteiger partial charge in [0.15, 0.2) is 0 Å². The van der Waals surface area contributed by atoms with Crippen LogP contribution in [0, 0.1) is 11.3 Å². The zero-order valence-electron chi connectivity index (χ0n) is 11.2. The van der Waals surface area contributed by atoms with Crippen LogP contribution in [0.25, 0.3) is 0 Å². The van der Waals surface area contributed by atoms with Crippen molar-refractivity contribution in [1.82, 2.24) is 5.32 Å². The molecule has 1 fully saturated rings. The summed E-state index contributed by atoms with van der Waals surface area (Å²) in [6.07, 6.45) is 4.20. The average molecular weight is 242 g/mol. The summed E-state index contributed by atoms with van der Waals surface area (Å²) in [5.74, 6) is 0.0997. The Morgan fingerprint density at radius 2 is 2.00 bits per heavy atom. The molecule has 17 heavy (non-hydrogen) atoms. The summed E-state index contributed by atoms with van der Waals surface area (Å²) in [4.78, 5) is 12.0. The lowest BCUT2D eigenvalue weighted by molar-refractivity contribution is -0.126. The lowest BCUT2D eigenvalue weighted by Crippen LogP contribution is -2.53. The van der Waals surface area contributed by atoms with Gasteiger partial charge >= 0.3 is 0 Å². The summed E-state index contributed by atoms with van der Waals surface area (Å²) in [6, 6.07) is -0.404.